The van der Waals surface area contributed by atoms with Crippen LogP contribution in [-0.2, 0) is 5.41 Å². The fraction of sp³-hybridized carbons (Fsp3) is 0.0179. The van der Waals surface area contributed by atoms with Crippen LogP contribution in [0, 0.1) is 0 Å². The van der Waals surface area contributed by atoms with E-state index in [1.807, 2.05) is 36.4 Å². The summed E-state index contributed by atoms with van der Waals surface area (Å²) < 4.78 is 0. The predicted molar refractivity (Wildman–Crippen MR) is 244 cm³/mol. The lowest BCUT2D eigenvalue weighted by atomic mass is 9.69. The largest absolute Gasteiger partial charge is 0.278 e. The number of benzene rings is 9. The van der Waals surface area contributed by atoms with Gasteiger partial charge < -0.3 is 0 Å². The lowest BCUT2D eigenvalue weighted by Crippen LogP contribution is -2.26. The fourth-order valence-electron chi connectivity index (χ4n) is 10.4. The van der Waals surface area contributed by atoms with Crippen molar-refractivity contribution >= 4 is 28.1 Å². The molecule has 2 heterocycles. The van der Waals surface area contributed by atoms with Crippen molar-refractivity contribution in [3.63, 3.8) is 0 Å². The van der Waals surface area contributed by atoms with Gasteiger partial charge >= 0.3 is 0 Å². The van der Waals surface area contributed by atoms with E-state index in [0.717, 1.165) is 39.2 Å². The van der Waals surface area contributed by atoms with E-state index in [1.54, 1.807) is 0 Å². The minimum absolute atomic E-state index is 0.468. The fourth-order valence-corrected chi connectivity index (χ4v) is 10.4. The minimum atomic E-state index is -0.468. The zero-order valence-electron chi connectivity index (χ0n) is 32.4. The Hall–Kier alpha value is -7.95. The number of fused-ring (bicyclic) bond motifs is 13. The molecule has 0 fully saturated rings. The van der Waals surface area contributed by atoms with Crippen molar-refractivity contribution in [1.82, 2.24) is 15.0 Å². The highest BCUT2D eigenvalue weighted by Crippen LogP contribution is 2.65. The molecule has 0 radical (unpaired) electrons. The third-order valence-corrected chi connectivity index (χ3v) is 12.9. The molecule has 10 aromatic rings. The van der Waals surface area contributed by atoms with E-state index in [9.17, 15) is 0 Å². The van der Waals surface area contributed by atoms with E-state index in [2.05, 4.69) is 175 Å². The van der Waals surface area contributed by atoms with Gasteiger partial charge in [0.2, 0.25) is 5.95 Å². The Labute approximate surface area is 347 Å². The maximum Gasteiger partial charge on any atom is 0.238 e. The Bertz CT molecular complexity index is 3270. The first-order chi connectivity index (χ1) is 29.8. The van der Waals surface area contributed by atoms with E-state index in [1.165, 1.54) is 60.8 Å². The molecule has 9 aromatic carbocycles. The average Bonchev–Trinajstić information content (AvgIpc) is 3.80. The molecule has 278 valence electrons. The lowest BCUT2D eigenvalue weighted by Gasteiger charge is -2.35. The zero-order chi connectivity index (χ0) is 39.4. The van der Waals surface area contributed by atoms with Crippen LogP contribution in [0.1, 0.15) is 22.3 Å². The summed E-state index contributed by atoms with van der Waals surface area (Å²) in [7, 11) is 0. The van der Waals surface area contributed by atoms with Gasteiger partial charge in [-0.15, -0.1) is 0 Å². The number of hydrogen-bond acceptors (Lipinski definition) is 4. The number of anilines is 3. The Morgan fingerprint density at radius 1 is 0.333 bits per heavy atom. The molecule has 0 bridgehead atoms. The Balaban J connectivity index is 1.15. The highest BCUT2D eigenvalue weighted by atomic mass is 15.3. The number of hydrogen-bond donors (Lipinski definition) is 0. The van der Waals surface area contributed by atoms with Crippen LogP contribution in [0.15, 0.2) is 206 Å². The zero-order valence-corrected chi connectivity index (χ0v) is 32.4. The summed E-state index contributed by atoms with van der Waals surface area (Å²) in [6.45, 7) is 0. The van der Waals surface area contributed by atoms with E-state index in [-0.39, 0.29) is 0 Å². The van der Waals surface area contributed by atoms with Crippen LogP contribution in [0.25, 0.3) is 78.1 Å². The van der Waals surface area contributed by atoms with Crippen LogP contribution in [0.2, 0.25) is 0 Å². The van der Waals surface area contributed by atoms with Crippen LogP contribution in [0.4, 0.5) is 17.3 Å². The third kappa shape index (κ3) is 4.47. The second kappa shape index (κ2) is 12.5. The van der Waals surface area contributed by atoms with Gasteiger partial charge in [0.05, 0.1) is 16.8 Å². The lowest BCUT2D eigenvalue weighted by molar-refractivity contribution is 0.794. The van der Waals surface area contributed by atoms with Crippen LogP contribution >= 0.6 is 0 Å². The van der Waals surface area contributed by atoms with E-state index >= 15 is 0 Å². The van der Waals surface area contributed by atoms with Gasteiger partial charge in [-0.1, -0.05) is 188 Å². The quantitative estimate of drug-likeness (QED) is 0.179. The Kier molecular flexibility index (Phi) is 6.90. The molecule has 0 saturated carbocycles. The maximum absolute atomic E-state index is 5.33. The molecular formula is C56H34N4. The molecule has 4 heteroatoms. The molecule has 0 atom stereocenters. The monoisotopic (exact) mass is 762 g/mol. The van der Waals surface area contributed by atoms with Gasteiger partial charge in [-0.2, -0.15) is 9.97 Å². The molecule has 1 aliphatic heterocycles. The van der Waals surface area contributed by atoms with Crippen molar-refractivity contribution in [2.45, 2.75) is 5.41 Å². The molecular weight excluding hydrogens is 729 g/mol. The van der Waals surface area contributed by atoms with Gasteiger partial charge in [0.25, 0.3) is 0 Å². The van der Waals surface area contributed by atoms with Crippen LogP contribution < -0.4 is 4.90 Å². The molecule has 4 nitrogen and oxygen atoms in total. The predicted octanol–water partition coefficient (Wildman–Crippen LogP) is 13.8. The van der Waals surface area contributed by atoms with Gasteiger partial charge in [-0.3, -0.25) is 4.90 Å². The van der Waals surface area contributed by atoms with Crippen LogP contribution in [-0.4, -0.2) is 15.0 Å². The van der Waals surface area contributed by atoms with Crippen molar-refractivity contribution in [2.24, 2.45) is 0 Å². The normalized spacial score (nSPS) is 13.4. The first kappa shape index (κ1) is 33.1. The van der Waals surface area contributed by atoms with Crippen molar-refractivity contribution in [2.75, 3.05) is 4.90 Å². The third-order valence-electron chi connectivity index (χ3n) is 12.9. The molecule has 0 saturated heterocycles. The molecule has 0 N–H and O–H groups in total. The number of nitrogens with zero attached hydrogens (tertiary/aromatic N) is 4. The Morgan fingerprint density at radius 2 is 0.867 bits per heavy atom. The average molecular weight is 763 g/mol. The molecule has 1 aromatic heterocycles. The molecule has 0 amide bonds. The minimum Gasteiger partial charge on any atom is -0.278 e. The smallest absolute Gasteiger partial charge is 0.238 e. The topological polar surface area (TPSA) is 41.9 Å². The highest BCUT2D eigenvalue weighted by Gasteiger charge is 2.52. The summed E-state index contributed by atoms with van der Waals surface area (Å²) in [5.41, 5.74) is 18.6. The second-order valence-electron chi connectivity index (χ2n) is 15.9. The van der Waals surface area contributed by atoms with Crippen molar-refractivity contribution < 1.29 is 0 Å². The first-order valence-electron chi connectivity index (χ1n) is 20.5. The summed E-state index contributed by atoms with van der Waals surface area (Å²) >= 11 is 0. The second-order valence-corrected chi connectivity index (χ2v) is 15.9. The number of aromatic nitrogens is 3. The summed E-state index contributed by atoms with van der Waals surface area (Å²) in [5.74, 6) is 1.83. The highest BCUT2D eigenvalue weighted by molar-refractivity contribution is 6.20. The van der Waals surface area contributed by atoms with Crippen molar-refractivity contribution in [3.05, 3.63) is 229 Å². The van der Waals surface area contributed by atoms with Gasteiger partial charge in [0.1, 0.15) is 0 Å². The van der Waals surface area contributed by atoms with Crippen LogP contribution in [0.3, 0.4) is 0 Å². The Morgan fingerprint density at radius 3 is 1.48 bits per heavy atom. The molecule has 3 aliphatic rings. The summed E-state index contributed by atoms with van der Waals surface area (Å²) in [6, 6.07) is 74.4. The van der Waals surface area contributed by atoms with E-state index in [0.29, 0.717) is 17.6 Å². The SMILES string of the molecule is c1ccc(-c2ccc3c(c2)N(c2nc(-c4ccccc4)nc(-c4ccccc4)n2)c2cccc4c5c(cc-3c24)C2(c3ccccc3-c3ccccc32)c2ccccc2-5)cc1. The first-order valence-corrected chi connectivity index (χ1v) is 20.5. The molecule has 2 aliphatic carbocycles. The van der Waals surface area contributed by atoms with Crippen molar-refractivity contribution in [1.29, 1.82) is 0 Å². The molecule has 0 unspecified atom stereocenters. The standard InChI is InChI=1S/C56H34N4/c1-4-17-35(18-5-1)38-31-32-41-44-34-48-51(42-25-12-15-29-47(42)56(48)45-27-13-10-23-39(45)40-24-11-14-28-46(40)56)43-26-16-30-49(52(43)44)60(50(41)33-38)55-58-53(36-19-6-2-7-20-36)57-54(59-55)37-21-8-3-9-22-37/h1-34H. The van der Waals surface area contributed by atoms with Gasteiger partial charge in [0.15, 0.2) is 11.6 Å². The summed E-state index contributed by atoms with van der Waals surface area (Å²) in [6.07, 6.45) is 0. The van der Waals surface area contributed by atoms with Gasteiger partial charge in [-0.25, -0.2) is 4.98 Å². The molecule has 1 spiro atoms. The van der Waals surface area contributed by atoms with Gasteiger partial charge in [0, 0.05) is 22.1 Å². The maximum atomic E-state index is 5.33. The van der Waals surface area contributed by atoms with E-state index < -0.39 is 5.41 Å². The van der Waals surface area contributed by atoms with Crippen molar-refractivity contribution in [3.8, 4) is 67.3 Å². The van der Waals surface area contributed by atoms with Crippen LogP contribution in [0.5, 0.6) is 0 Å². The molecule has 13 rings (SSSR count). The van der Waals surface area contributed by atoms with Gasteiger partial charge in [-0.05, 0) is 84.8 Å². The molecule has 60 heavy (non-hydrogen) atoms. The summed E-state index contributed by atoms with van der Waals surface area (Å²) in [5, 5.41) is 2.40. The summed E-state index contributed by atoms with van der Waals surface area (Å²) in [4.78, 5) is 18.0. The van der Waals surface area contributed by atoms with E-state index in [4.69, 9.17) is 15.0 Å². The number of rotatable bonds is 4.